The standard InChI is InChI=1S/C9H5F6NO4/c1-19-7(18)3-2-4(20-9(13,14)15)5(17)6(16-3)8(10,11)12/h2,17H,1H3. The summed E-state index contributed by atoms with van der Waals surface area (Å²) < 4.78 is 80.8. The zero-order valence-corrected chi connectivity index (χ0v) is 9.46. The topological polar surface area (TPSA) is 68.7 Å². The molecule has 0 aliphatic carbocycles. The zero-order valence-electron chi connectivity index (χ0n) is 9.46. The summed E-state index contributed by atoms with van der Waals surface area (Å²) >= 11 is 0. The average molecular weight is 305 g/mol. The lowest BCUT2D eigenvalue weighted by Crippen LogP contribution is -2.20. The molecule has 0 spiro atoms. The van der Waals surface area contributed by atoms with Crippen LogP contribution >= 0.6 is 0 Å². The molecule has 1 heterocycles. The Morgan fingerprint density at radius 2 is 1.80 bits per heavy atom. The highest BCUT2D eigenvalue weighted by Crippen LogP contribution is 2.41. The molecule has 1 N–H and O–H groups in total. The number of rotatable bonds is 2. The Labute approximate surface area is 106 Å². The SMILES string of the molecule is COC(=O)c1cc(OC(F)(F)F)c(O)c(C(F)(F)F)n1. The van der Waals surface area contributed by atoms with Crippen molar-refractivity contribution >= 4 is 5.97 Å². The van der Waals surface area contributed by atoms with E-state index in [0.29, 0.717) is 0 Å². The molecule has 1 aromatic rings. The Balaban J connectivity index is 3.47. The van der Waals surface area contributed by atoms with E-state index in [9.17, 15) is 31.1 Å². The van der Waals surface area contributed by atoms with Crippen LogP contribution in [0.1, 0.15) is 16.2 Å². The van der Waals surface area contributed by atoms with E-state index in [-0.39, 0.29) is 6.07 Å². The van der Waals surface area contributed by atoms with Crippen LogP contribution in [0.25, 0.3) is 0 Å². The minimum absolute atomic E-state index is 0.184. The fourth-order valence-electron chi connectivity index (χ4n) is 1.12. The second kappa shape index (κ2) is 5.06. The summed E-state index contributed by atoms with van der Waals surface area (Å²) in [6.45, 7) is 0. The van der Waals surface area contributed by atoms with E-state index in [1.54, 1.807) is 0 Å². The first-order valence-corrected chi connectivity index (χ1v) is 4.61. The van der Waals surface area contributed by atoms with Crippen LogP contribution < -0.4 is 4.74 Å². The van der Waals surface area contributed by atoms with E-state index in [2.05, 4.69) is 14.5 Å². The number of alkyl halides is 6. The van der Waals surface area contributed by atoms with Crippen molar-refractivity contribution in [1.29, 1.82) is 0 Å². The molecule has 0 amide bonds. The largest absolute Gasteiger partial charge is 0.573 e. The number of aromatic hydroxyl groups is 1. The number of carbonyl (C=O) groups excluding carboxylic acids is 1. The Kier molecular flexibility index (Phi) is 4.01. The maximum Gasteiger partial charge on any atom is 0.573 e. The molecule has 1 rings (SSSR count). The van der Waals surface area contributed by atoms with Gasteiger partial charge in [0.2, 0.25) is 0 Å². The molecule has 112 valence electrons. The van der Waals surface area contributed by atoms with E-state index in [4.69, 9.17) is 5.11 Å². The second-order valence-corrected chi connectivity index (χ2v) is 3.24. The Bertz CT molecular complexity index is 524. The normalized spacial score (nSPS) is 12.2. The number of pyridine rings is 1. The Morgan fingerprint density at radius 3 is 2.20 bits per heavy atom. The first kappa shape index (κ1) is 15.9. The third-order valence-electron chi connectivity index (χ3n) is 1.85. The summed E-state index contributed by atoms with van der Waals surface area (Å²) in [7, 11) is 0.786. The summed E-state index contributed by atoms with van der Waals surface area (Å²) in [5, 5.41) is 9.11. The maximum atomic E-state index is 12.5. The predicted molar refractivity (Wildman–Crippen MR) is 48.9 cm³/mol. The number of esters is 1. The molecule has 0 bridgehead atoms. The summed E-state index contributed by atoms with van der Waals surface area (Å²) in [5.74, 6) is -4.93. The minimum atomic E-state index is -5.37. The van der Waals surface area contributed by atoms with Gasteiger partial charge >= 0.3 is 18.5 Å². The second-order valence-electron chi connectivity index (χ2n) is 3.24. The van der Waals surface area contributed by atoms with Crippen molar-refractivity contribution in [1.82, 2.24) is 4.98 Å². The van der Waals surface area contributed by atoms with Crippen molar-refractivity contribution in [2.75, 3.05) is 7.11 Å². The van der Waals surface area contributed by atoms with Gasteiger partial charge in [0.1, 0.15) is 0 Å². The van der Waals surface area contributed by atoms with Crippen LogP contribution in [0.4, 0.5) is 26.3 Å². The first-order valence-electron chi connectivity index (χ1n) is 4.61. The number of carbonyl (C=O) groups is 1. The molecule has 5 nitrogen and oxygen atoms in total. The van der Waals surface area contributed by atoms with Gasteiger partial charge in [0.15, 0.2) is 22.9 Å². The lowest BCUT2D eigenvalue weighted by molar-refractivity contribution is -0.275. The highest BCUT2D eigenvalue weighted by molar-refractivity contribution is 5.88. The van der Waals surface area contributed by atoms with Gasteiger partial charge in [0.25, 0.3) is 0 Å². The minimum Gasteiger partial charge on any atom is -0.503 e. The number of methoxy groups -OCH3 is 1. The molecule has 20 heavy (non-hydrogen) atoms. The first-order chi connectivity index (χ1) is 8.95. The van der Waals surface area contributed by atoms with Crippen LogP contribution in [0.2, 0.25) is 0 Å². The van der Waals surface area contributed by atoms with Gasteiger partial charge in [-0.25, -0.2) is 9.78 Å². The van der Waals surface area contributed by atoms with Gasteiger partial charge < -0.3 is 14.6 Å². The van der Waals surface area contributed by atoms with E-state index in [1.165, 1.54) is 0 Å². The van der Waals surface area contributed by atoms with Gasteiger partial charge in [-0.15, -0.1) is 13.2 Å². The monoisotopic (exact) mass is 305 g/mol. The fraction of sp³-hybridized carbons (Fsp3) is 0.333. The van der Waals surface area contributed by atoms with E-state index in [0.717, 1.165) is 7.11 Å². The third kappa shape index (κ3) is 3.65. The molecular weight excluding hydrogens is 300 g/mol. The van der Waals surface area contributed by atoms with Crippen LogP contribution in [0.15, 0.2) is 6.07 Å². The van der Waals surface area contributed by atoms with Crippen molar-refractivity contribution < 1.29 is 45.7 Å². The average Bonchev–Trinajstić information content (AvgIpc) is 2.27. The van der Waals surface area contributed by atoms with Crippen molar-refractivity contribution in [3.05, 3.63) is 17.5 Å². The summed E-state index contributed by atoms with van der Waals surface area (Å²) in [6.07, 6.45) is -10.7. The fourth-order valence-corrected chi connectivity index (χ4v) is 1.12. The van der Waals surface area contributed by atoms with Crippen LogP contribution in [0, 0.1) is 0 Å². The molecule has 0 saturated heterocycles. The number of hydrogen-bond donors (Lipinski definition) is 1. The molecule has 0 atom stereocenters. The molecule has 0 unspecified atom stereocenters. The molecule has 0 saturated carbocycles. The third-order valence-corrected chi connectivity index (χ3v) is 1.85. The summed E-state index contributed by atoms with van der Waals surface area (Å²) in [4.78, 5) is 13.8. The number of halogens is 6. The number of nitrogens with zero attached hydrogens (tertiary/aromatic N) is 1. The number of ether oxygens (including phenoxy) is 2. The lowest BCUT2D eigenvalue weighted by Gasteiger charge is -2.15. The Hall–Kier alpha value is -2.20. The summed E-state index contributed by atoms with van der Waals surface area (Å²) in [6, 6.07) is 0.184. The lowest BCUT2D eigenvalue weighted by atomic mass is 10.2. The van der Waals surface area contributed by atoms with Crippen molar-refractivity contribution in [3.63, 3.8) is 0 Å². The van der Waals surface area contributed by atoms with Crippen LogP contribution in [0.3, 0.4) is 0 Å². The maximum absolute atomic E-state index is 12.5. The van der Waals surface area contributed by atoms with Gasteiger partial charge in [-0.1, -0.05) is 0 Å². The van der Waals surface area contributed by atoms with Gasteiger partial charge in [-0.2, -0.15) is 13.2 Å². The molecular formula is C9H5F6NO4. The predicted octanol–water partition coefficient (Wildman–Crippen LogP) is 2.49. The smallest absolute Gasteiger partial charge is 0.503 e. The molecule has 0 radical (unpaired) electrons. The van der Waals surface area contributed by atoms with Crippen molar-refractivity contribution in [2.24, 2.45) is 0 Å². The highest BCUT2D eigenvalue weighted by Gasteiger charge is 2.41. The zero-order chi connectivity index (χ0) is 15.7. The van der Waals surface area contributed by atoms with Gasteiger partial charge in [-0.3, -0.25) is 0 Å². The number of aromatic nitrogens is 1. The van der Waals surface area contributed by atoms with Crippen LogP contribution in [-0.4, -0.2) is 29.5 Å². The molecule has 0 aromatic carbocycles. The Morgan fingerprint density at radius 1 is 1.25 bits per heavy atom. The van der Waals surface area contributed by atoms with E-state index < -0.39 is 41.4 Å². The molecule has 0 aliphatic heterocycles. The highest BCUT2D eigenvalue weighted by atomic mass is 19.4. The van der Waals surface area contributed by atoms with E-state index in [1.807, 2.05) is 0 Å². The number of hydrogen-bond acceptors (Lipinski definition) is 5. The molecule has 0 aliphatic rings. The van der Waals surface area contributed by atoms with Gasteiger partial charge in [0.05, 0.1) is 7.11 Å². The van der Waals surface area contributed by atoms with E-state index >= 15 is 0 Å². The molecule has 11 heteroatoms. The van der Waals surface area contributed by atoms with Crippen molar-refractivity contribution in [2.45, 2.75) is 12.5 Å². The van der Waals surface area contributed by atoms with Gasteiger partial charge in [0, 0.05) is 6.07 Å². The van der Waals surface area contributed by atoms with Crippen LogP contribution in [-0.2, 0) is 10.9 Å². The molecule has 1 aromatic heterocycles. The van der Waals surface area contributed by atoms with Crippen LogP contribution in [0.5, 0.6) is 11.5 Å². The van der Waals surface area contributed by atoms with Gasteiger partial charge in [-0.05, 0) is 0 Å². The summed E-state index contributed by atoms with van der Waals surface area (Å²) in [5.41, 5.74) is -3.20. The van der Waals surface area contributed by atoms with Crippen molar-refractivity contribution in [3.8, 4) is 11.5 Å². The molecule has 0 fully saturated rings. The quantitative estimate of drug-likeness (QED) is 0.671.